The van der Waals surface area contributed by atoms with E-state index in [0.29, 0.717) is 0 Å². The van der Waals surface area contributed by atoms with Crippen LogP contribution in [0, 0.1) is 0 Å². The first-order valence-electron chi connectivity index (χ1n) is 4.41. The molecule has 0 aromatic carbocycles. The van der Waals surface area contributed by atoms with Gasteiger partial charge in [-0.1, -0.05) is 0 Å². The zero-order chi connectivity index (χ0) is 9.83. The SMILES string of the molecule is CC(C)(C)NC=CNC(C)(C)C.[Li].[Li]. The van der Waals surface area contributed by atoms with Gasteiger partial charge in [0.2, 0.25) is 0 Å². The van der Waals surface area contributed by atoms with E-state index < -0.39 is 0 Å². The molecule has 14 heavy (non-hydrogen) atoms. The molecule has 0 bridgehead atoms. The molecule has 0 fully saturated rings. The van der Waals surface area contributed by atoms with Crippen LogP contribution in [0.3, 0.4) is 0 Å². The quantitative estimate of drug-likeness (QED) is 0.635. The van der Waals surface area contributed by atoms with Crippen molar-refractivity contribution in [3.8, 4) is 0 Å². The second kappa shape index (κ2) is 7.78. The third kappa shape index (κ3) is 18.3. The summed E-state index contributed by atoms with van der Waals surface area (Å²) < 4.78 is 0. The predicted octanol–water partition coefficient (Wildman–Crippen LogP) is 1.47. The van der Waals surface area contributed by atoms with Crippen LogP contribution in [0.15, 0.2) is 12.4 Å². The van der Waals surface area contributed by atoms with Crippen molar-refractivity contribution in [2.75, 3.05) is 0 Å². The number of hydrogen-bond donors (Lipinski definition) is 2. The summed E-state index contributed by atoms with van der Waals surface area (Å²) in [6.07, 6.45) is 3.90. The van der Waals surface area contributed by atoms with E-state index in [-0.39, 0.29) is 48.8 Å². The molecular formula is C10H22Li2N2. The topological polar surface area (TPSA) is 24.1 Å². The first-order chi connectivity index (χ1) is 5.21. The zero-order valence-corrected chi connectivity index (χ0v) is 11.2. The third-order valence-corrected chi connectivity index (χ3v) is 1.12. The van der Waals surface area contributed by atoms with E-state index in [1.165, 1.54) is 0 Å². The molecule has 0 aromatic heterocycles. The van der Waals surface area contributed by atoms with Gasteiger partial charge in [-0.05, 0) is 41.5 Å². The van der Waals surface area contributed by atoms with E-state index in [0.717, 1.165) is 0 Å². The van der Waals surface area contributed by atoms with E-state index in [9.17, 15) is 0 Å². The van der Waals surface area contributed by atoms with Gasteiger partial charge in [-0.15, -0.1) is 0 Å². The minimum atomic E-state index is 0. The Morgan fingerprint density at radius 3 is 1.00 bits per heavy atom. The van der Waals surface area contributed by atoms with Crippen LogP contribution in [0.2, 0.25) is 0 Å². The largest absolute Gasteiger partial charge is 0.385 e. The fourth-order valence-corrected chi connectivity index (χ4v) is 0.583. The van der Waals surface area contributed by atoms with Crippen molar-refractivity contribution in [3.63, 3.8) is 0 Å². The monoisotopic (exact) mass is 184 g/mol. The van der Waals surface area contributed by atoms with Gasteiger partial charge in [0.05, 0.1) is 0 Å². The molecule has 0 aliphatic heterocycles. The van der Waals surface area contributed by atoms with Crippen molar-refractivity contribution >= 4 is 37.7 Å². The summed E-state index contributed by atoms with van der Waals surface area (Å²) in [5.41, 5.74) is 0.298. The van der Waals surface area contributed by atoms with Crippen LogP contribution in [-0.4, -0.2) is 48.8 Å². The fourth-order valence-electron chi connectivity index (χ4n) is 0.583. The van der Waals surface area contributed by atoms with E-state index in [1.807, 2.05) is 12.4 Å². The van der Waals surface area contributed by atoms with E-state index in [4.69, 9.17) is 0 Å². The van der Waals surface area contributed by atoms with Crippen LogP contribution in [-0.2, 0) is 0 Å². The molecule has 2 nitrogen and oxygen atoms in total. The van der Waals surface area contributed by atoms with E-state index >= 15 is 0 Å². The first-order valence-corrected chi connectivity index (χ1v) is 4.41. The summed E-state index contributed by atoms with van der Waals surface area (Å²) in [5, 5.41) is 6.50. The number of nitrogens with one attached hydrogen (secondary N) is 2. The summed E-state index contributed by atoms with van der Waals surface area (Å²) in [5.74, 6) is 0. The minimum Gasteiger partial charge on any atom is -0.385 e. The molecule has 4 heteroatoms. The van der Waals surface area contributed by atoms with Crippen LogP contribution in [0.5, 0.6) is 0 Å². The number of rotatable bonds is 2. The fraction of sp³-hybridized carbons (Fsp3) is 0.800. The van der Waals surface area contributed by atoms with Crippen molar-refractivity contribution in [2.45, 2.75) is 52.6 Å². The smallest absolute Gasteiger partial charge is 0.0284 e. The molecule has 0 saturated heterocycles. The molecule has 0 atom stereocenters. The van der Waals surface area contributed by atoms with Crippen LogP contribution in [0.4, 0.5) is 0 Å². The molecule has 0 amide bonds. The van der Waals surface area contributed by atoms with E-state index in [2.05, 4.69) is 52.2 Å². The van der Waals surface area contributed by atoms with Gasteiger partial charge in [0, 0.05) is 61.2 Å². The minimum absolute atomic E-state index is 0. The molecule has 0 rings (SSSR count). The first kappa shape index (κ1) is 20.0. The van der Waals surface area contributed by atoms with Gasteiger partial charge in [-0.25, -0.2) is 0 Å². The number of hydrogen-bond acceptors (Lipinski definition) is 2. The zero-order valence-electron chi connectivity index (χ0n) is 11.2. The van der Waals surface area contributed by atoms with Crippen molar-refractivity contribution in [3.05, 3.63) is 12.4 Å². The van der Waals surface area contributed by atoms with Crippen molar-refractivity contribution in [2.24, 2.45) is 0 Å². The standard InChI is InChI=1S/C10H22N2.2Li/c1-9(2,3)11-7-8-12-10(4,5)6;;/h7-8,11-12H,1-6H3;;. The Balaban J connectivity index is -0.000000605. The summed E-state index contributed by atoms with van der Waals surface area (Å²) in [7, 11) is 0. The molecule has 2 radical (unpaired) electrons. The molecule has 2 N–H and O–H groups in total. The van der Waals surface area contributed by atoms with Gasteiger partial charge in [-0.3, -0.25) is 0 Å². The van der Waals surface area contributed by atoms with Gasteiger partial charge in [0.15, 0.2) is 0 Å². The Morgan fingerprint density at radius 2 is 0.857 bits per heavy atom. The van der Waals surface area contributed by atoms with Gasteiger partial charge in [0.1, 0.15) is 0 Å². The molecule has 0 spiro atoms. The molecular weight excluding hydrogens is 162 g/mol. The second-order valence-corrected chi connectivity index (χ2v) is 5.12. The maximum Gasteiger partial charge on any atom is 0.0284 e. The van der Waals surface area contributed by atoms with Crippen molar-refractivity contribution in [1.82, 2.24) is 10.6 Å². The Bertz CT molecular complexity index is 136. The molecule has 0 aliphatic rings. The van der Waals surface area contributed by atoms with Gasteiger partial charge in [-0.2, -0.15) is 0 Å². The molecule has 0 heterocycles. The van der Waals surface area contributed by atoms with Crippen LogP contribution >= 0.6 is 0 Å². The Morgan fingerprint density at radius 1 is 0.643 bits per heavy atom. The molecule has 0 unspecified atom stereocenters. The van der Waals surface area contributed by atoms with E-state index in [1.54, 1.807) is 0 Å². The molecule has 0 aromatic rings. The van der Waals surface area contributed by atoms with Gasteiger partial charge >= 0.3 is 0 Å². The summed E-state index contributed by atoms with van der Waals surface area (Å²) >= 11 is 0. The van der Waals surface area contributed by atoms with Crippen molar-refractivity contribution in [1.29, 1.82) is 0 Å². The average molecular weight is 184 g/mol. The predicted molar refractivity (Wildman–Crippen MR) is 66.4 cm³/mol. The van der Waals surface area contributed by atoms with Gasteiger partial charge in [0.25, 0.3) is 0 Å². The third-order valence-electron chi connectivity index (χ3n) is 1.12. The summed E-state index contributed by atoms with van der Waals surface area (Å²) in [6, 6.07) is 0. The normalized spacial score (nSPS) is 11.6. The Labute approximate surface area is 113 Å². The Kier molecular flexibility index (Phi) is 11.1. The summed E-state index contributed by atoms with van der Waals surface area (Å²) in [4.78, 5) is 0. The van der Waals surface area contributed by atoms with Gasteiger partial charge < -0.3 is 10.6 Å². The summed E-state index contributed by atoms with van der Waals surface area (Å²) in [6.45, 7) is 12.8. The Hall–Kier alpha value is 0.535. The molecule has 0 saturated carbocycles. The van der Waals surface area contributed by atoms with Crippen LogP contribution in [0.25, 0.3) is 0 Å². The average Bonchev–Trinajstić information content (AvgIpc) is 1.76. The van der Waals surface area contributed by atoms with Crippen LogP contribution < -0.4 is 10.6 Å². The van der Waals surface area contributed by atoms with Crippen molar-refractivity contribution < 1.29 is 0 Å². The second-order valence-electron chi connectivity index (χ2n) is 5.12. The molecule has 74 valence electrons. The molecule has 0 aliphatic carbocycles. The maximum absolute atomic E-state index is 3.25. The maximum atomic E-state index is 3.25. The van der Waals surface area contributed by atoms with Crippen LogP contribution in [0.1, 0.15) is 41.5 Å².